The van der Waals surface area contributed by atoms with Crippen LogP contribution in [0.5, 0.6) is 0 Å². The van der Waals surface area contributed by atoms with Crippen molar-refractivity contribution in [1.29, 1.82) is 0 Å². The second kappa shape index (κ2) is 5.50. The number of aromatic amines is 1. The van der Waals surface area contributed by atoms with Gasteiger partial charge in [-0.1, -0.05) is 26.7 Å². The molecule has 21 heavy (non-hydrogen) atoms. The Morgan fingerprint density at radius 3 is 2.90 bits per heavy atom. The minimum absolute atomic E-state index is 0.254. The first kappa shape index (κ1) is 14.1. The van der Waals surface area contributed by atoms with Crippen LogP contribution in [0.15, 0.2) is 17.2 Å². The van der Waals surface area contributed by atoms with Gasteiger partial charge in [-0.3, -0.25) is 0 Å². The molecule has 2 aromatic heterocycles. The van der Waals surface area contributed by atoms with Gasteiger partial charge in [0.1, 0.15) is 12.1 Å². The summed E-state index contributed by atoms with van der Waals surface area (Å²) in [6.07, 6.45) is 8.02. The fourth-order valence-corrected chi connectivity index (χ4v) is 3.63. The first-order chi connectivity index (χ1) is 10.1. The predicted octanol–water partition coefficient (Wildman–Crippen LogP) is 2.44. The average molecular weight is 289 g/mol. The van der Waals surface area contributed by atoms with Gasteiger partial charge in [0.2, 0.25) is 0 Å². The minimum atomic E-state index is -0.254. The molecule has 2 aromatic rings. The van der Waals surface area contributed by atoms with Gasteiger partial charge in [0.15, 0.2) is 5.65 Å². The molecule has 2 heterocycles. The molecule has 0 atom stereocenters. The van der Waals surface area contributed by atoms with E-state index in [1.165, 1.54) is 42.8 Å². The molecular weight excluding hydrogens is 266 g/mol. The van der Waals surface area contributed by atoms with Gasteiger partial charge in [0.25, 0.3) is 0 Å². The first-order valence-electron chi connectivity index (χ1n) is 7.75. The molecule has 0 aromatic carbocycles. The number of nitrogens with one attached hydrogen (secondary N) is 2. The van der Waals surface area contributed by atoms with Crippen LogP contribution in [0.25, 0.3) is 5.65 Å². The Morgan fingerprint density at radius 2 is 2.19 bits per heavy atom. The van der Waals surface area contributed by atoms with E-state index in [-0.39, 0.29) is 5.69 Å². The molecule has 0 bridgehead atoms. The van der Waals surface area contributed by atoms with E-state index in [2.05, 4.69) is 34.3 Å². The molecule has 0 radical (unpaired) electrons. The minimum Gasteiger partial charge on any atom is -0.369 e. The van der Waals surface area contributed by atoms with E-state index in [1.54, 1.807) is 0 Å². The Kier molecular flexibility index (Phi) is 3.69. The van der Waals surface area contributed by atoms with Gasteiger partial charge in [-0.2, -0.15) is 5.10 Å². The maximum Gasteiger partial charge on any atom is 0.348 e. The van der Waals surface area contributed by atoms with Crippen molar-refractivity contribution in [3.8, 4) is 0 Å². The quantitative estimate of drug-likeness (QED) is 0.886. The topological polar surface area (TPSA) is 75.1 Å². The normalized spacial score (nSPS) is 17.7. The summed E-state index contributed by atoms with van der Waals surface area (Å²) in [6.45, 7) is 5.53. The molecule has 114 valence electrons. The number of rotatable bonds is 5. The highest BCUT2D eigenvalue weighted by atomic mass is 16.1. The van der Waals surface area contributed by atoms with Gasteiger partial charge in [-0.15, -0.1) is 0 Å². The average Bonchev–Trinajstić information content (AvgIpc) is 3.04. The second-order valence-electron chi connectivity index (χ2n) is 6.69. The van der Waals surface area contributed by atoms with E-state index in [0.29, 0.717) is 17.0 Å². The molecule has 0 saturated heterocycles. The maximum atomic E-state index is 11.4. The summed E-state index contributed by atoms with van der Waals surface area (Å²) in [6, 6.07) is 1.82. The Morgan fingerprint density at radius 1 is 1.43 bits per heavy atom. The van der Waals surface area contributed by atoms with E-state index in [0.717, 1.165) is 12.4 Å². The highest BCUT2D eigenvalue weighted by Gasteiger charge is 2.34. The van der Waals surface area contributed by atoms with Gasteiger partial charge < -0.3 is 5.32 Å². The lowest BCUT2D eigenvalue weighted by Crippen LogP contribution is -2.28. The zero-order valence-corrected chi connectivity index (χ0v) is 12.7. The van der Waals surface area contributed by atoms with Crippen LogP contribution in [0.4, 0.5) is 5.82 Å². The SMILES string of the molecule is CC(C)CC1(CNc2cc3n[nH]c(=O)n3cn2)CCCC1. The molecule has 6 heteroatoms. The van der Waals surface area contributed by atoms with Gasteiger partial charge in [0.05, 0.1) is 0 Å². The highest BCUT2D eigenvalue weighted by Crippen LogP contribution is 2.43. The molecule has 0 unspecified atom stereocenters. The number of hydrogen-bond acceptors (Lipinski definition) is 4. The molecule has 0 spiro atoms. The van der Waals surface area contributed by atoms with E-state index in [9.17, 15) is 4.79 Å². The van der Waals surface area contributed by atoms with Crippen LogP contribution in [0.1, 0.15) is 46.0 Å². The summed E-state index contributed by atoms with van der Waals surface area (Å²) in [7, 11) is 0. The number of nitrogens with zero attached hydrogens (tertiary/aromatic N) is 3. The Labute approximate surface area is 124 Å². The summed E-state index contributed by atoms with van der Waals surface area (Å²) in [5, 5.41) is 9.85. The number of hydrogen-bond donors (Lipinski definition) is 2. The van der Waals surface area contributed by atoms with Crippen LogP contribution in [-0.4, -0.2) is 26.1 Å². The van der Waals surface area contributed by atoms with Crippen molar-refractivity contribution in [3.05, 3.63) is 22.9 Å². The number of aromatic nitrogens is 4. The smallest absolute Gasteiger partial charge is 0.348 e. The third kappa shape index (κ3) is 2.94. The van der Waals surface area contributed by atoms with Crippen molar-refractivity contribution < 1.29 is 0 Å². The lowest BCUT2D eigenvalue weighted by molar-refractivity contribution is 0.252. The fourth-order valence-electron chi connectivity index (χ4n) is 3.63. The van der Waals surface area contributed by atoms with Gasteiger partial charge in [0, 0.05) is 12.6 Å². The Bertz CT molecular complexity index is 666. The molecule has 2 N–H and O–H groups in total. The van der Waals surface area contributed by atoms with Crippen LogP contribution in [0, 0.1) is 11.3 Å². The summed E-state index contributed by atoms with van der Waals surface area (Å²) >= 11 is 0. The van der Waals surface area contributed by atoms with Crippen molar-refractivity contribution in [3.63, 3.8) is 0 Å². The molecule has 1 saturated carbocycles. The molecule has 6 nitrogen and oxygen atoms in total. The molecule has 1 aliphatic rings. The van der Waals surface area contributed by atoms with E-state index >= 15 is 0 Å². The summed E-state index contributed by atoms with van der Waals surface area (Å²) in [5.41, 5.74) is 0.741. The molecule has 1 aliphatic carbocycles. The van der Waals surface area contributed by atoms with Crippen LogP contribution >= 0.6 is 0 Å². The standard InChI is InChI=1S/C15H23N5O/c1-11(2)8-15(5-3-4-6-15)9-16-12-7-13-18-19-14(21)20(13)10-17-12/h7,10-11,16H,3-6,8-9H2,1-2H3,(H,19,21). The van der Waals surface area contributed by atoms with E-state index in [1.807, 2.05) is 6.07 Å². The van der Waals surface area contributed by atoms with Crippen molar-refractivity contribution in [2.24, 2.45) is 11.3 Å². The molecular formula is C15H23N5O. The summed E-state index contributed by atoms with van der Waals surface area (Å²) in [4.78, 5) is 15.7. The van der Waals surface area contributed by atoms with Crippen molar-refractivity contribution in [2.45, 2.75) is 46.0 Å². The van der Waals surface area contributed by atoms with Gasteiger partial charge >= 0.3 is 5.69 Å². The maximum absolute atomic E-state index is 11.4. The summed E-state index contributed by atoms with van der Waals surface area (Å²) < 4.78 is 1.41. The third-order valence-corrected chi connectivity index (χ3v) is 4.46. The molecule has 0 aliphatic heterocycles. The monoisotopic (exact) mass is 289 g/mol. The van der Waals surface area contributed by atoms with Gasteiger partial charge in [-0.25, -0.2) is 19.3 Å². The Hall–Kier alpha value is -1.85. The Balaban J connectivity index is 1.73. The van der Waals surface area contributed by atoms with Crippen LogP contribution in [0.2, 0.25) is 0 Å². The van der Waals surface area contributed by atoms with Crippen LogP contribution in [0.3, 0.4) is 0 Å². The fraction of sp³-hybridized carbons (Fsp3) is 0.667. The zero-order chi connectivity index (χ0) is 14.9. The largest absolute Gasteiger partial charge is 0.369 e. The van der Waals surface area contributed by atoms with Crippen molar-refractivity contribution in [2.75, 3.05) is 11.9 Å². The van der Waals surface area contributed by atoms with E-state index < -0.39 is 0 Å². The molecule has 0 amide bonds. The zero-order valence-electron chi connectivity index (χ0n) is 12.7. The number of fused-ring (bicyclic) bond motifs is 1. The van der Waals surface area contributed by atoms with E-state index in [4.69, 9.17) is 0 Å². The van der Waals surface area contributed by atoms with Crippen LogP contribution < -0.4 is 11.0 Å². The van der Waals surface area contributed by atoms with Crippen LogP contribution in [-0.2, 0) is 0 Å². The number of anilines is 1. The summed E-state index contributed by atoms with van der Waals surface area (Å²) in [5.74, 6) is 1.50. The first-order valence-corrected chi connectivity index (χ1v) is 7.75. The lowest BCUT2D eigenvalue weighted by atomic mass is 9.78. The van der Waals surface area contributed by atoms with Crippen molar-refractivity contribution in [1.82, 2.24) is 19.6 Å². The predicted molar refractivity (Wildman–Crippen MR) is 82.5 cm³/mol. The molecule has 3 rings (SSSR count). The third-order valence-electron chi connectivity index (χ3n) is 4.46. The second-order valence-corrected chi connectivity index (χ2v) is 6.69. The highest BCUT2D eigenvalue weighted by molar-refractivity contribution is 5.48. The molecule has 1 fully saturated rings. The van der Waals surface area contributed by atoms with Gasteiger partial charge in [-0.05, 0) is 30.6 Å². The van der Waals surface area contributed by atoms with Crippen molar-refractivity contribution >= 4 is 11.5 Å². The number of H-pyrrole nitrogens is 1. The lowest BCUT2D eigenvalue weighted by Gasteiger charge is -2.31.